The number of Topliss-reactive ketones (excluding diaryl/α,β-unsaturated/α-hetero) is 2. The van der Waals surface area contributed by atoms with Gasteiger partial charge in [-0.2, -0.15) is 4.31 Å². The molecule has 0 aromatic heterocycles. The molecule has 2 heterocycles. The second kappa shape index (κ2) is 6.03. The smallest absolute Gasteiger partial charge is 0.244 e. The van der Waals surface area contributed by atoms with E-state index in [4.69, 9.17) is 4.74 Å². The van der Waals surface area contributed by atoms with Gasteiger partial charge in [0.1, 0.15) is 5.75 Å². The second-order valence-corrected chi connectivity index (χ2v) is 8.12. The highest BCUT2D eigenvalue weighted by atomic mass is 32.2. The van der Waals surface area contributed by atoms with Gasteiger partial charge in [0.05, 0.1) is 11.5 Å². The SMILES string of the molecule is CCN1C(C(=O)c2ccc3c(c2)CCO3)C(=O)c2ccccc2S1(=O)=O. The van der Waals surface area contributed by atoms with Crippen LogP contribution in [-0.2, 0) is 16.4 Å². The predicted octanol–water partition coefficient (Wildman–Crippen LogP) is 2.08. The normalized spacial score (nSPS) is 21.0. The van der Waals surface area contributed by atoms with E-state index in [1.807, 2.05) is 0 Å². The maximum atomic E-state index is 13.1. The Morgan fingerprint density at radius 1 is 1.23 bits per heavy atom. The average molecular weight is 371 g/mol. The van der Waals surface area contributed by atoms with Crippen LogP contribution in [0.3, 0.4) is 0 Å². The van der Waals surface area contributed by atoms with Crippen LogP contribution >= 0.6 is 0 Å². The molecular weight excluding hydrogens is 354 g/mol. The van der Waals surface area contributed by atoms with E-state index in [2.05, 4.69) is 0 Å². The van der Waals surface area contributed by atoms with Crippen molar-refractivity contribution < 1.29 is 22.7 Å². The highest BCUT2D eigenvalue weighted by Gasteiger charge is 2.46. The molecule has 2 aliphatic heterocycles. The summed E-state index contributed by atoms with van der Waals surface area (Å²) in [5.41, 5.74) is 1.28. The zero-order chi connectivity index (χ0) is 18.5. The molecule has 4 rings (SSSR count). The number of fused-ring (bicyclic) bond motifs is 2. The fraction of sp³-hybridized carbons (Fsp3) is 0.263. The highest BCUT2D eigenvalue weighted by molar-refractivity contribution is 7.89. The molecular formula is C19H17NO5S. The molecule has 26 heavy (non-hydrogen) atoms. The maximum absolute atomic E-state index is 13.1. The van der Waals surface area contributed by atoms with Gasteiger partial charge in [-0.25, -0.2) is 8.42 Å². The summed E-state index contributed by atoms with van der Waals surface area (Å²) in [6.45, 7) is 2.21. The average Bonchev–Trinajstić information content (AvgIpc) is 3.11. The van der Waals surface area contributed by atoms with E-state index in [9.17, 15) is 18.0 Å². The minimum atomic E-state index is -3.91. The van der Waals surface area contributed by atoms with Crippen LogP contribution in [0.25, 0.3) is 0 Å². The summed E-state index contributed by atoms with van der Waals surface area (Å²) in [5.74, 6) is -0.273. The number of carbonyl (C=O) groups is 2. The topological polar surface area (TPSA) is 80.8 Å². The second-order valence-electron chi connectivity index (χ2n) is 6.26. The van der Waals surface area contributed by atoms with Crippen LogP contribution in [0.1, 0.15) is 33.2 Å². The van der Waals surface area contributed by atoms with E-state index in [-0.39, 0.29) is 17.0 Å². The Labute approximate surface area is 151 Å². The number of benzene rings is 2. The molecule has 134 valence electrons. The summed E-state index contributed by atoms with van der Waals surface area (Å²) in [4.78, 5) is 26.0. The molecule has 2 aromatic carbocycles. The quantitative estimate of drug-likeness (QED) is 0.610. The Balaban J connectivity index is 1.82. The Kier molecular flexibility index (Phi) is 3.93. The van der Waals surface area contributed by atoms with E-state index in [0.717, 1.165) is 15.6 Å². The van der Waals surface area contributed by atoms with Gasteiger partial charge in [0.2, 0.25) is 10.0 Å². The first-order valence-corrected chi connectivity index (χ1v) is 9.84. The van der Waals surface area contributed by atoms with Gasteiger partial charge in [0.15, 0.2) is 17.6 Å². The van der Waals surface area contributed by atoms with Crippen LogP contribution in [0.5, 0.6) is 5.75 Å². The third-order valence-corrected chi connectivity index (χ3v) is 6.81. The summed E-state index contributed by atoms with van der Waals surface area (Å²) in [6, 6.07) is 9.63. The van der Waals surface area contributed by atoms with Crippen molar-refractivity contribution in [3.8, 4) is 5.75 Å². The zero-order valence-electron chi connectivity index (χ0n) is 14.1. The van der Waals surface area contributed by atoms with E-state index in [1.165, 1.54) is 12.1 Å². The summed E-state index contributed by atoms with van der Waals surface area (Å²) in [7, 11) is -3.91. The predicted molar refractivity (Wildman–Crippen MR) is 94.1 cm³/mol. The minimum Gasteiger partial charge on any atom is -0.493 e. The van der Waals surface area contributed by atoms with Crippen LogP contribution in [0.15, 0.2) is 47.4 Å². The van der Waals surface area contributed by atoms with Crippen LogP contribution < -0.4 is 4.74 Å². The highest BCUT2D eigenvalue weighted by Crippen LogP contribution is 2.32. The van der Waals surface area contributed by atoms with Gasteiger partial charge >= 0.3 is 0 Å². The van der Waals surface area contributed by atoms with Crippen molar-refractivity contribution in [3.63, 3.8) is 0 Å². The van der Waals surface area contributed by atoms with Crippen LogP contribution in [0.4, 0.5) is 0 Å². The molecule has 0 bridgehead atoms. The molecule has 0 amide bonds. The summed E-state index contributed by atoms with van der Waals surface area (Å²) in [5, 5.41) is 0. The van der Waals surface area contributed by atoms with Gasteiger partial charge in [-0.3, -0.25) is 9.59 Å². The number of ketones is 2. The van der Waals surface area contributed by atoms with Crippen molar-refractivity contribution in [3.05, 3.63) is 59.2 Å². The first-order chi connectivity index (χ1) is 12.4. The van der Waals surface area contributed by atoms with Crippen molar-refractivity contribution in [2.24, 2.45) is 0 Å². The number of rotatable bonds is 3. The van der Waals surface area contributed by atoms with E-state index < -0.39 is 27.6 Å². The summed E-state index contributed by atoms with van der Waals surface area (Å²) in [6.07, 6.45) is 0.688. The fourth-order valence-electron chi connectivity index (χ4n) is 3.54. The molecule has 6 nitrogen and oxygen atoms in total. The minimum absolute atomic E-state index is 0.0346. The van der Waals surface area contributed by atoms with E-state index in [1.54, 1.807) is 37.3 Å². The lowest BCUT2D eigenvalue weighted by atomic mass is 9.94. The van der Waals surface area contributed by atoms with Gasteiger partial charge in [-0.15, -0.1) is 0 Å². The van der Waals surface area contributed by atoms with Crippen LogP contribution in [0, 0.1) is 0 Å². The number of sulfonamides is 1. The monoisotopic (exact) mass is 371 g/mol. The molecule has 0 spiro atoms. The number of likely N-dealkylation sites (N-methyl/N-ethyl adjacent to an activating group) is 1. The van der Waals surface area contributed by atoms with Gasteiger partial charge in [-0.1, -0.05) is 19.1 Å². The van der Waals surface area contributed by atoms with Gasteiger partial charge in [0.25, 0.3) is 0 Å². The van der Waals surface area contributed by atoms with Crippen LogP contribution in [-0.4, -0.2) is 43.5 Å². The molecule has 0 radical (unpaired) electrons. The molecule has 2 aromatic rings. The molecule has 1 unspecified atom stereocenters. The third-order valence-electron chi connectivity index (χ3n) is 4.81. The number of nitrogens with zero attached hydrogens (tertiary/aromatic N) is 1. The number of ether oxygens (including phenoxy) is 1. The Morgan fingerprint density at radius 3 is 2.77 bits per heavy atom. The fourth-order valence-corrected chi connectivity index (χ4v) is 5.30. The van der Waals surface area contributed by atoms with Gasteiger partial charge in [-0.05, 0) is 35.9 Å². The standard InChI is InChI=1S/C19H17NO5S/c1-2-20-17(18(21)13-7-8-15-12(11-13)9-10-25-15)19(22)14-5-3-4-6-16(14)26(20,23)24/h3-8,11,17H,2,9-10H2,1H3. The van der Waals surface area contributed by atoms with Gasteiger partial charge in [0, 0.05) is 24.1 Å². The van der Waals surface area contributed by atoms with E-state index >= 15 is 0 Å². The molecule has 0 fully saturated rings. The van der Waals surface area contributed by atoms with Crippen LogP contribution in [0.2, 0.25) is 0 Å². The Bertz CT molecular complexity index is 1030. The number of hydrogen-bond acceptors (Lipinski definition) is 5. The van der Waals surface area contributed by atoms with Crippen molar-refractivity contribution in [2.75, 3.05) is 13.2 Å². The van der Waals surface area contributed by atoms with Crippen molar-refractivity contribution in [1.29, 1.82) is 0 Å². The molecule has 0 saturated carbocycles. The van der Waals surface area contributed by atoms with Crippen molar-refractivity contribution >= 4 is 21.6 Å². The summed E-state index contributed by atoms with van der Waals surface area (Å²) < 4.78 is 32.3. The molecule has 1 atom stereocenters. The Hall–Kier alpha value is -2.51. The molecule has 2 aliphatic rings. The number of hydrogen-bond donors (Lipinski definition) is 0. The lowest BCUT2D eigenvalue weighted by Crippen LogP contribution is -2.53. The lowest BCUT2D eigenvalue weighted by molar-refractivity contribution is 0.0771. The van der Waals surface area contributed by atoms with E-state index in [0.29, 0.717) is 18.6 Å². The zero-order valence-corrected chi connectivity index (χ0v) is 15.0. The Morgan fingerprint density at radius 2 is 2.00 bits per heavy atom. The maximum Gasteiger partial charge on any atom is 0.244 e. The molecule has 0 N–H and O–H groups in total. The van der Waals surface area contributed by atoms with Gasteiger partial charge < -0.3 is 4.74 Å². The first-order valence-electron chi connectivity index (χ1n) is 8.40. The van der Waals surface area contributed by atoms with Crippen molar-refractivity contribution in [1.82, 2.24) is 4.31 Å². The lowest BCUT2D eigenvalue weighted by Gasteiger charge is -2.33. The third kappa shape index (κ3) is 2.39. The molecule has 0 aliphatic carbocycles. The largest absolute Gasteiger partial charge is 0.493 e. The van der Waals surface area contributed by atoms with Crippen molar-refractivity contribution in [2.45, 2.75) is 24.3 Å². The molecule has 0 saturated heterocycles. The number of carbonyl (C=O) groups excluding carboxylic acids is 2. The molecule has 7 heteroatoms. The first kappa shape index (κ1) is 16.9. The summed E-state index contributed by atoms with van der Waals surface area (Å²) >= 11 is 0.